The highest BCUT2D eigenvalue weighted by Gasteiger charge is 2.12. The number of aromatic carboxylic acids is 1. The number of nitrogens with zero attached hydrogens (tertiary/aromatic N) is 2. The van der Waals surface area contributed by atoms with E-state index in [1.54, 1.807) is 43.5 Å². The van der Waals surface area contributed by atoms with Crippen LogP contribution in [0.2, 0.25) is 0 Å². The molecule has 0 spiro atoms. The van der Waals surface area contributed by atoms with Crippen LogP contribution in [0.25, 0.3) is 11.3 Å². The second-order valence-corrected chi connectivity index (χ2v) is 5.09. The summed E-state index contributed by atoms with van der Waals surface area (Å²) in [5.74, 6) is -0.426. The quantitative estimate of drug-likeness (QED) is 0.617. The van der Waals surface area contributed by atoms with Gasteiger partial charge in [-0.05, 0) is 30.3 Å². The summed E-state index contributed by atoms with van der Waals surface area (Å²) in [5, 5.41) is 22.2. The van der Waals surface area contributed by atoms with Crippen LogP contribution in [0.1, 0.15) is 10.4 Å². The van der Waals surface area contributed by atoms with Crippen LogP contribution in [0.3, 0.4) is 0 Å². The van der Waals surface area contributed by atoms with E-state index in [0.717, 1.165) is 0 Å². The molecular weight excluding hydrogens is 324 g/mol. The Morgan fingerprint density at radius 3 is 2.64 bits per heavy atom. The normalized spacial score (nSPS) is 10.9. The molecule has 25 heavy (non-hydrogen) atoms. The van der Waals surface area contributed by atoms with Crippen molar-refractivity contribution < 1.29 is 14.6 Å². The zero-order chi connectivity index (χ0) is 17.8. The number of hydrogen-bond donors (Lipinski definition) is 3. The zero-order valence-corrected chi connectivity index (χ0v) is 13.2. The predicted octanol–water partition coefficient (Wildman–Crippen LogP) is 3.49. The highest BCUT2D eigenvalue weighted by Crippen LogP contribution is 2.29. The maximum absolute atomic E-state index is 12.0. The second-order valence-electron chi connectivity index (χ2n) is 5.09. The summed E-state index contributed by atoms with van der Waals surface area (Å²) in [6, 6.07) is 13.1. The molecule has 0 bridgehead atoms. The molecule has 3 N–H and O–H groups in total. The minimum Gasteiger partial charge on any atom is -0.497 e. The van der Waals surface area contributed by atoms with Gasteiger partial charge in [0.05, 0.1) is 24.1 Å². The minimum atomic E-state index is -1.06. The fourth-order valence-electron chi connectivity index (χ4n) is 2.24. The number of nitrogens with one attached hydrogen (secondary N) is 2. The van der Waals surface area contributed by atoms with Gasteiger partial charge >= 0.3 is 5.97 Å². The smallest absolute Gasteiger partial charge is 0.335 e. The van der Waals surface area contributed by atoms with Gasteiger partial charge in [0.15, 0.2) is 5.69 Å². The molecule has 0 fully saturated rings. The van der Waals surface area contributed by atoms with Crippen LogP contribution < -0.4 is 10.3 Å². The first kappa shape index (κ1) is 16.2. The van der Waals surface area contributed by atoms with E-state index in [4.69, 9.17) is 9.84 Å². The molecule has 0 atom stereocenters. The van der Waals surface area contributed by atoms with Crippen LogP contribution in [0.4, 0.5) is 11.4 Å². The fourth-order valence-corrected chi connectivity index (χ4v) is 2.24. The average molecular weight is 338 g/mol. The van der Waals surface area contributed by atoms with Crippen molar-refractivity contribution in [2.45, 2.75) is 0 Å². The Balaban J connectivity index is 1.98. The zero-order valence-electron chi connectivity index (χ0n) is 13.2. The summed E-state index contributed by atoms with van der Waals surface area (Å²) >= 11 is 0. The van der Waals surface area contributed by atoms with E-state index in [1.807, 2.05) is 0 Å². The van der Waals surface area contributed by atoms with E-state index < -0.39 is 11.5 Å². The number of aromatic nitrogens is 2. The molecule has 0 radical (unpaired) electrons. The molecule has 126 valence electrons. The van der Waals surface area contributed by atoms with E-state index in [9.17, 15) is 9.59 Å². The van der Waals surface area contributed by atoms with Gasteiger partial charge in [-0.2, -0.15) is 5.11 Å². The van der Waals surface area contributed by atoms with Crippen molar-refractivity contribution in [3.63, 3.8) is 0 Å². The van der Waals surface area contributed by atoms with E-state index in [0.29, 0.717) is 22.7 Å². The van der Waals surface area contributed by atoms with Crippen LogP contribution in [0.15, 0.2) is 63.6 Å². The number of H-pyrrole nitrogens is 2. The first-order valence-electron chi connectivity index (χ1n) is 7.28. The summed E-state index contributed by atoms with van der Waals surface area (Å²) in [5.41, 5.74) is 1.24. The highest BCUT2D eigenvalue weighted by atomic mass is 16.5. The largest absolute Gasteiger partial charge is 0.497 e. The van der Waals surface area contributed by atoms with Gasteiger partial charge in [-0.25, -0.2) is 4.79 Å². The molecule has 0 saturated heterocycles. The van der Waals surface area contributed by atoms with Gasteiger partial charge in [-0.3, -0.25) is 15.0 Å². The lowest BCUT2D eigenvalue weighted by Crippen LogP contribution is -1.96. The Morgan fingerprint density at radius 1 is 1.08 bits per heavy atom. The van der Waals surface area contributed by atoms with E-state index in [1.165, 1.54) is 12.1 Å². The summed E-state index contributed by atoms with van der Waals surface area (Å²) in [6.07, 6.45) is 0. The number of hydrogen-bond acceptors (Lipinski definition) is 5. The standard InChI is InChI=1S/C17H14N4O4/c1-25-13-7-3-4-10(9-13)14-15(16(22)21-19-14)20-18-12-6-2-5-11(8-12)17(23)24/h2-9H,1H3,(H,23,24)(H2,19,21,22). The molecule has 8 heteroatoms. The average Bonchev–Trinajstić information content (AvgIpc) is 3.01. The molecule has 8 nitrogen and oxygen atoms in total. The van der Waals surface area contributed by atoms with Gasteiger partial charge in [0, 0.05) is 5.56 Å². The Bertz CT molecular complexity index is 1000. The van der Waals surface area contributed by atoms with Crippen LogP contribution in [0, 0.1) is 0 Å². The first-order chi connectivity index (χ1) is 12.1. The van der Waals surface area contributed by atoms with Crippen molar-refractivity contribution in [3.8, 4) is 17.0 Å². The van der Waals surface area contributed by atoms with Crippen molar-refractivity contribution in [3.05, 3.63) is 64.4 Å². The molecule has 0 aliphatic carbocycles. The van der Waals surface area contributed by atoms with Gasteiger partial charge in [0.25, 0.3) is 5.56 Å². The monoisotopic (exact) mass is 338 g/mol. The third kappa shape index (κ3) is 3.47. The van der Waals surface area contributed by atoms with Gasteiger partial charge in [-0.1, -0.05) is 18.2 Å². The van der Waals surface area contributed by atoms with Gasteiger partial charge < -0.3 is 9.84 Å². The van der Waals surface area contributed by atoms with Crippen molar-refractivity contribution >= 4 is 17.3 Å². The summed E-state index contributed by atoms with van der Waals surface area (Å²) in [6.45, 7) is 0. The van der Waals surface area contributed by atoms with Gasteiger partial charge in [0.2, 0.25) is 0 Å². The molecule has 2 aromatic carbocycles. The lowest BCUT2D eigenvalue weighted by atomic mass is 10.1. The number of carboxylic acids is 1. The Morgan fingerprint density at radius 2 is 1.88 bits per heavy atom. The molecule has 0 saturated carbocycles. The number of methoxy groups -OCH3 is 1. The van der Waals surface area contributed by atoms with Crippen molar-refractivity contribution in [2.75, 3.05) is 7.11 Å². The topological polar surface area (TPSA) is 120 Å². The summed E-state index contributed by atoms with van der Waals surface area (Å²) in [4.78, 5) is 23.0. The molecule has 0 aliphatic rings. The van der Waals surface area contributed by atoms with Crippen LogP contribution in [0.5, 0.6) is 5.75 Å². The minimum absolute atomic E-state index is 0.0902. The van der Waals surface area contributed by atoms with Crippen LogP contribution in [-0.2, 0) is 0 Å². The summed E-state index contributed by atoms with van der Waals surface area (Å²) in [7, 11) is 1.55. The maximum atomic E-state index is 12.0. The number of benzene rings is 2. The molecule has 3 rings (SSSR count). The molecule has 1 aromatic heterocycles. The van der Waals surface area contributed by atoms with E-state index in [2.05, 4.69) is 20.4 Å². The molecular formula is C17H14N4O4. The fraction of sp³-hybridized carbons (Fsp3) is 0.0588. The van der Waals surface area contributed by atoms with Gasteiger partial charge in [0.1, 0.15) is 5.75 Å². The molecule has 3 aromatic rings. The van der Waals surface area contributed by atoms with Crippen LogP contribution >= 0.6 is 0 Å². The number of rotatable bonds is 5. The Kier molecular flexibility index (Phi) is 4.42. The number of azo groups is 1. The van der Waals surface area contributed by atoms with Crippen molar-refractivity contribution in [1.82, 2.24) is 10.2 Å². The predicted molar refractivity (Wildman–Crippen MR) is 91.0 cm³/mol. The number of carboxylic acid groups (broad SMARTS) is 1. The number of ether oxygens (including phenoxy) is 1. The third-order valence-electron chi connectivity index (χ3n) is 3.47. The van der Waals surface area contributed by atoms with Crippen molar-refractivity contribution in [2.24, 2.45) is 10.2 Å². The Labute approximate surface area is 141 Å². The highest BCUT2D eigenvalue weighted by molar-refractivity contribution is 5.88. The molecule has 1 heterocycles. The third-order valence-corrected chi connectivity index (χ3v) is 3.47. The number of carbonyl (C=O) groups is 1. The van der Waals surface area contributed by atoms with E-state index >= 15 is 0 Å². The Hall–Kier alpha value is -3.68. The molecule has 0 amide bonds. The van der Waals surface area contributed by atoms with Crippen molar-refractivity contribution in [1.29, 1.82) is 0 Å². The lowest BCUT2D eigenvalue weighted by molar-refractivity contribution is 0.0697. The van der Waals surface area contributed by atoms with Crippen LogP contribution in [-0.4, -0.2) is 28.4 Å². The maximum Gasteiger partial charge on any atom is 0.335 e. The molecule has 0 unspecified atom stereocenters. The number of aromatic amines is 2. The first-order valence-corrected chi connectivity index (χ1v) is 7.28. The summed E-state index contributed by atoms with van der Waals surface area (Å²) < 4.78 is 5.18. The second kappa shape index (κ2) is 6.83. The molecule has 0 aliphatic heterocycles. The van der Waals surface area contributed by atoms with Gasteiger partial charge in [-0.15, -0.1) is 5.11 Å². The van der Waals surface area contributed by atoms with E-state index in [-0.39, 0.29) is 11.3 Å². The SMILES string of the molecule is COc1cccc(-c2[nH][nH]c(=O)c2N=Nc2cccc(C(=O)O)c2)c1. The lowest BCUT2D eigenvalue weighted by Gasteiger charge is -2.02.